The zero-order chi connectivity index (χ0) is 14.4. The van der Waals surface area contributed by atoms with E-state index in [1.54, 1.807) is 24.3 Å². The number of hydrogen-bond donors (Lipinski definition) is 2. The molecule has 1 aliphatic rings. The van der Waals surface area contributed by atoms with Crippen molar-refractivity contribution in [2.24, 2.45) is 0 Å². The van der Waals surface area contributed by atoms with E-state index in [4.69, 9.17) is 9.84 Å². The van der Waals surface area contributed by atoms with Gasteiger partial charge in [0.1, 0.15) is 6.61 Å². The van der Waals surface area contributed by atoms with Gasteiger partial charge in [0, 0.05) is 24.5 Å². The van der Waals surface area contributed by atoms with E-state index in [0.29, 0.717) is 37.3 Å². The number of benzene rings is 1. The molecule has 1 saturated heterocycles. The quantitative estimate of drug-likeness (QED) is 0.814. The molecule has 1 fully saturated rings. The van der Waals surface area contributed by atoms with Crippen molar-refractivity contribution in [3.8, 4) is 11.8 Å². The van der Waals surface area contributed by atoms with Crippen LogP contribution in [0.2, 0.25) is 0 Å². The van der Waals surface area contributed by atoms with Crippen LogP contribution in [0, 0.1) is 11.8 Å². The highest BCUT2D eigenvalue weighted by molar-refractivity contribution is 7.93. The molecule has 0 atom stereocenters. The highest BCUT2D eigenvalue weighted by Crippen LogP contribution is 2.19. The minimum atomic E-state index is -3.40. The summed E-state index contributed by atoms with van der Waals surface area (Å²) in [6.07, 6.45) is 1.03. The lowest BCUT2D eigenvalue weighted by Crippen LogP contribution is -2.33. The predicted octanol–water partition coefficient (Wildman–Crippen LogP) is 0.951. The van der Waals surface area contributed by atoms with E-state index >= 15 is 0 Å². The molecule has 2 rings (SSSR count). The zero-order valence-electron chi connectivity index (χ0n) is 11.0. The summed E-state index contributed by atoms with van der Waals surface area (Å²) in [7, 11) is -3.40. The van der Waals surface area contributed by atoms with Crippen molar-refractivity contribution in [2.45, 2.75) is 18.1 Å². The third kappa shape index (κ3) is 3.97. The van der Waals surface area contributed by atoms with Crippen LogP contribution in [0.1, 0.15) is 18.4 Å². The van der Waals surface area contributed by atoms with Gasteiger partial charge in [0.25, 0.3) is 0 Å². The van der Waals surface area contributed by atoms with E-state index in [1.165, 1.54) is 0 Å². The van der Waals surface area contributed by atoms with Gasteiger partial charge in [-0.25, -0.2) is 8.42 Å². The smallest absolute Gasteiger partial charge is 0.235 e. The number of aliphatic hydroxyl groups excluding tert-OH is 1. The van der Waals surface area contributed by atoms with Crippen molar-refractivity contribution < 1.29 is 18.3 Å². The van der Waals surface area contributed by atoms with E-state index in [2.05, 4.69) is 16.6 Å². The lowest BCUT2D eigenvalue weighted by Gasteiger charge is -2.22. The van der Waals surface area contributed by atoms with Gasteiger partial charge >= 0.3 is 0 Å². The van der Waals surface area contributed by atoms with Gasteiger partial charge < -0.3 is 9.84 Å². The number of nitrogens with one attached hydrogen (secondary N) is 1. The molecule has 1 aromatic rings. The second kappa shape index (κ2) is 6.75. The van der Waals surface area contributed by atoms with Crippen LogP contribution in [0.5, 0.6) is 0 Å². The lowest BCUT2D eigenvalue weighted by atomic mass is 10.2. The maximum atomic E-state index is 12.2. The molecule has 0 unspecified atom stereocenters. The molecule has 0 spiro atoms. The molecule has 20 heavy (non-hydrogen) atoms. The first-order valence-electron chi connectivity index (χ1n) is 6.41. The average molecular weight is 295 g/mol. The van der Waals surface area contributed by atoms with E-state index in [0.717, 1.165) is 0 Å². The summed E-state index contributed by atoms with van der Waals surface area (Å²) in [4.78, 5) is 0. The largest absolute Gasteiger partial charge is 0.384 e. The Morgan fingerprint density at radius 1 is 1.35 bits per heavy atom. The summed E-state index contributed by atoms with van der Waals surface area (Å²) in [5.41, 5.74) is 1.15. The summed E-state index contributed by atoms with van der Waals surface area (Å²) in [5, 5.41) is 8.24. The van der Waals surface area contributed by atoms with Crippen molar-refractivity contribution in [1.29, 1.82) is 0 Å². The van der Waals surface area contributed by atoms with Crippen LogP contribution in [-0.4, -0.2) is 38.6 Å². The van der Waals surface area contributed by atoms with Gasteiger partial charge in [-0.2, -0.15) is 0 Å². The van der Waals surface area contributed by atoms with Gasteiger partial charge in [0.15, 0.2) is 0 Å². The fourth-order valence-electron chi connectivity index (χ4n) is 2.04. The summed E-state index contributed by atoms with van der Waals surface area (Å²) in [6, 6.07) is 6.82. The molecule has 5 nitrogen and oxygen atoms in total. The second-order valence-corrected chi connectivity index (χ2v) is 6.46. The van der Waals surface area contributed by atoms with Crippen LogP contribution in [0.25, 0.3) is 0 Å². The number of rotatable bonds is 3. The van der Waals surface area contributed by atoms with Gasteiger partial charge in [-0.1, -0.05) is 17.9 Å². The number of ether oxygens (including phenoxy) is 1. The third-order valence-electron chi connectivity index (χ3n) is 3.04. The molecule has 0 aromatic heterocycles. The number of anilines is 1. The first-order valence-corrected chi connectivity index (χ1v) is 7.95. The van der Waals surface area contributed by atoms with Crippen LogP contribution >= 0.6 is 0 Å². The Hall–Kier alpha value is -1.55. The molecule has 0 aliphatic carbocycles. The lowest BCUT2D eigenvalue weighted by molar-refractivity contribution is 0.0984. The van der Waals surface area contributed by atoms with Gasteiger partial charge in [0.05, 0.1) is 5.25 Å². The highest BCUT2D eigenvalue weighted by atomic mass is 32.2. The minimum Gasteiger partial charge on any atom is -0.384 e. The fraction of sp³-hybridized carbons (Fsp3) is 0.429. The van der Waals surface area contributed by atoms with Crippen LogP contribution < -0.4 is 4.72 Å². The van der Waals surface area contributed by atoms with Gasteiger partial charge in [-0.05, 0) is 31.0 Å². The summed E-state index contributed by atoms with van der Waals surface area (Å²) >= 11 is 0. The first-order chi connectivity index (χ1) is 9.62. The molecule has 0 amide bonds. The molecule has 0 saturated carbocycles. The summed E-state index contributed by atoms with van der Waals surface area (Å²) in [5.74, 6) is 5.27. The van der Waals surface area contributed by atoms with Gasteiger partial charge in [-0.15, -0.1) is 0 Å². The maximum Gasteiger partial charge on any atom is 0.235 e. The Labute approximate surface area is 119 Å². The topological polar surface area (TPSA) is 75.6 Å². The van der Waals surface area contributed by atoms with Crippen molar-refractivity contribution in [3.63, 3.8) is 0 Å². The molecule has 1 heterocycles. The van der Waals surface area contributed by atoms with E-state index in [1.807, 2.05) is 0 Å². The number of sulfonamides is 1. The van der Waals surface area contributed by atoms with E-state index in [9.17, 15) is 8.42 Å². The molecule has 108 valence electrons. The predicted molar refractivity (Wildman–Crippen MR) is 76.8 cm³/mol. The highest BCUT2D eigenvalue weighted by Gasteiger charge is 2.27. The Balaban J connectivity index is 2.12. The molecule has 1 aromatic carbocycles. The van der Waals surface area contributed by atoms with Crippen molar-refractivity contribution >= 4 is 15.7 Å². The van der Waals surface area contributed by atoms with Crippen LogP contribution in [-0.2, 0) is 14.8 Å². The molecular formula is C14H17NO4S. The Kier molecular flexibility index (Phi) is 5.01. The first kappa shape index (κ1) is 14.9. The van der Waals surface area contributed by atoms with Crippen molar-refractivity contribution in [3.05, 3.63) is 29.8 Å². The SMILES string of the molecule is O=S(=O)(Nc1cccc(C#CCO)c1)C1CCOCC1. The van der Waals surface area contributed by atoms with Crippen molar-refractivity contribution in [1.82, 2.24) is 0 Å². The van der Waals surface area contributed by atoms with Crippen LogP contribution in [0.3, 0.4) is 0 Å². The molecule has 6 heteroatoms. The summed E-state index contributed by atoms with van der Waals surface area (Å²) < 4.78 is 32.2. The van der Waals surface area contributed by atoms with E-state index < -0.39 is 15.3 Å². The molecule has 0 bridgehead atoms. The molecular weight excluding hydrogens is 278 g/mol. The van der Waals surface area contributed by atoms with Crippen LogP contribution in [0.4, 0.5) is 5.69 Å². The average Bonchev–Trinajstić information content (AvgIpc) is 2.46. The molecule has 2 N–H and O–H groups in total. The maximum absolute atomic E-state index is 12.2. The van der Waals surface area contributed by atoms with Gasteiger partial charge in [0.2, 0.25) is 10.0 Å². The second-order valence-electron chi connectivity index (χ2n) is 4.50. The third-order valence-corrected chi connectivity index (χ3v) is 4.91. The number of aliphatic hydroxyl groups is 1. The molecule has 0 radical (unpaired) electrons. The Morgan fingerprint density at radius 3 is 2.80 bits per heavy atom. The molecule has 1 aliphatic heterocycles. The van der Waals surface area contributed by atoms with Crippen molar-refractivity contribution in [2.75, 3.05) is 24.5 Å². The van der Waals surface area contributed by atoms with Gasteiger partial charge in [-0.3, -0.25) is 4.72 Å². The Morgan fingerprint density at radius 2 is 2.10 bits per heavy atom. The standard InChI is InChI=1S/C14H17NO4S/c16-8-2-4-12-3-1-5-13(11-12)15-20(17,18)14-6-9-19-10-7-14/h1,3,5,11,14-16H,6-10H2. The summed E-state index contributed by atoms with van der Waals surface area (Å²) in [6.45, 7) is 0.735. The van der Waals surface area contributed by atoms with Crippen LogP contribution in [0.15, 0.2) is 24.3 Å². The minimum absolute atomic E-state index is 0.224. The number of hydrogen-bond acceptors (Lipinski definition) is 4. The van der Waals surface area contributed by atoms with E-state index in [-0.39, 0.29) is 6.61 Å². The normalized spacial score (nSPS) is 16.2. The zero-order valence-corrected chi connectivity index (χ0v) is 11.8. The fourth-order valence-corrected chi connectivity index (χ4v) is 3.47. The Bertz CT molecular complexity index is 610. The monoisotopic (exact) mass is 295 g/mol.